The molecule has 7 nitrogen and oxygen atoms in total. The summed E-state index contributed by atoms with van der Waals surface area (Å²) < 4.78 is 19.8. The van der Waals surface area contributed by atoms with Gasteiger partial charge in [-0.3, -0.25) is 4.79 Å². The minimum Gasteiger partial charge on any atom is -0.496 e. The van der Waals surface area contributed by atoms with E-state index in [1.54, 1.807) is 7.11 Å². The van der Waals surface area contributed by atoms with E-state index in [9.17, 15) is 9.18 Å². The molecule has 0 unspecified atom stereocenters. The molecule has 0 aliphatic rings. The zero-order valence-electron chi connectivity index (χ0n) is 21.1. The highest BCUT2D eigenvalue weighted by Gasteiger charge is 2.14. The SMILES string of the molecule is COc1cc(Nc2cc(NCCc3c(C)[nH]c4c(F)ccc(C)c34)nc(C)n2)ccc1/C(C)=C\C=O. The number of halogens is 1. The molecule has 0 bridgehead atoms. The maximum atomic E-state index is 14.3. The lowest BCUT2D eigenvalue weighted by atomic mass is 10.0. The van der Waals surface area contributed by atoms with E-state index in [1.807, 2.05) is 58.0 Å². The summed E-state index contributed by atoms with van der Waals surface area (Å²) in [4.78, 5) is 23.0. The van der Waals surface area contributed by atoms with Crippen LogP contribution in [-0.2, 0) is 11.2 Å². The second kappa shape index (κ2) is 10.6. The Morgan fingerprint density at radius 1 is 1.11 bits per heavy atom. The van der Waals surface area contributed by atoms with Gasteiger partial charge < -0.3 is 20.4 Å². The number of nitrogens with zero attached hydrogens (tertiary/aromatic N) is 2. The molecule has 0 aliphatic carbocycles. The highest BCUT2D eigenvalue weighted by Crippen LogP contribution is 2.31. The van der Waals surface area contributed by atoms with E-state index in [2.05, 4.69) is 25.6 Å². The third kappa shape index (κ3) is 5.22. The minimum absolute atomic E-state index is 0.236. The van der Waals surface area contributed by atoms with Gasteiger partial charge >= 0.3 is 0 Å². The van der Waals surface area contributed by atoms with Crippen LogP contribution >= 0.6 is 0 Å². The fraction of sp³-hybridized carbons (Fsp3) is 0.250. The molecule has 4 aromatic rings. The Balaban J connectivity index is 1.50. The predicted octanol–water partition coefficient (Wildman–Crippen LogP) is 6.03. The van der Waals surface area contributed by atoms with E-state index >= 15 is 0 Å². The second-order valence-electron chi connectivity index (χ2n) is 8.73. The number of ether oxygens (including phenoxy) is 1. The van der Waals surface area contributed by atoms with E-state index < -0.39 is 0 Å². The lowest BCUT2D eigenvalue weighted by Crippen LogP contribution is -2.09. The van der Waals surface area contributed by atoms with Crippen LogP contribution in [0.25, 0.3) is 16.5 Å². The molecule has 0 radical (unpaired) electrons. The third-order valence-corrected chi connectivity index (χ3v) is 6.17. The predicted molar refractivity (Wildman–Crippen MR) is 143 cm³/mol. The smallest absolute Gasteiger partial charge is 0.147 e. The van der Waals surface area contributed by atoms with Crippen LogP contribution < -0.4 is 15.4 Å². The highest BCUT2D eigenvalue weighted by atomic mass is 19.1. The monoisotopic (exact) mass is 487 g/mol. The van der Waals surface area contributed by atoms with Crippen LogP contribution in [-0.4, -0.2) is 34.9 Å². The molecule has 0 atom stereocenters. The maximum absolute atomic E-state index is 14.3. The van der Waals surface area contributed by atoms with E-state index in [1.165, 1.54) is 12.1 Å². The molecule has 186 valence electrons. The van der Waals surface area contributed by atoms with Gasteiger partial charge in [-0.2, -0.15) is 0 Å². The number of hydrogen-bond donors (Lipinski definition) is 3. The van der Waals surface area contributed by atoms with Crippen molar-refractivity contribution in [3.05, 3.63) is 76.5 Å². The number of hydrogen-bond acceptors (Lipinski definition) is 6. The number of carbonyl (C=O) groups is 1. The summed E-state index contributed by atoms with van der Waals surface area (Å²) in [6.45, 7) is 8.30. The van der Waals surface area contributed by atoms with Gasteiger partial charge in [-0.15, -0.1) is 0 Å². The van der Waals surface area contributed by atoms with Crippen LogP contribution in [0.15, 0.2) is 42.5 Å². The number of nitrogens with one attached hydrogen (secondary N) is 3. The topological polar surface area (TPSA) is 91.9 Å². The van der Waals surface area contributed by atoms with E-state index in [4.69, 9.17) is 4.74 Å². The second-order valence-corrected chi connectivity index (χ2v) is 8.73. The normalized spacial score (nSPS) is 11.6. The van der Waals surface area contributed by atoms with Crippen LogP contribution in [0.1, 0.15) is 35.1 Å². The fourth-order valence-corrected chi connectivity index (χ4v) is 4.43. The maximum Gasteiger partial charge on any atom is 0.147 e. The zero-order valence-corrected chi connectivity index (χ0v) is 21.1. The highest BCUT2D eigenvalue weighted by molar-refractivity contribution is 5.88. The first-order chi connectivity index (χ1) is 17.3. The number of allylic oxidation sites excluding steroid dienone is 2. The number of carbonyl (C=O) groups excluding carboxylic acids is 1. The van der Waals surface area contributed by atoms with Gasteiger partial charge in [-0.05, 0) is 75.1 Å². The number of anilines is 3. The average Bonchev–Trinajstić information content (AvgIpc) is 3.18. The number of benzene rings is 2. The largest absolute Gasteiger partial charge is 0.496 e. The minimum atomic E-state index is -0.236. The molecule has 0 amide bonds. The lowest BCUT2D eigenvalue weighted by Gasteiger charge is -2.13. The molecule has 0 spiro atoms. The number of aromatic nitrogens is 3. The summed E-state index contributed by atoms with van der Waals surface area (Å²) in [6.07, 6.45) is 2.99. The molecule has 8 heteroatoms. The fourth-order valence-electron chi connectivity index (χ4n) is 4.43. The van der Waals surface area contributed by atoms with Crippen molar-refractivity contribution in [3.8, 4) is 5.75 Å². The molecule has 3 N–H and O–H groups in total. The van der Waals surface area contributed by atoms with Gasteiger partial charge in [0.1, 0.15) is 35.3 Å². The molecule has 0 saturated carbocycles. The standard InChI is InChI=1S/C28H30FN5O2/c1-16(11-13-35)21-8-7-20(14-24(21)36-5)34-26-15-25(32-19(4)33-26)30-12-10-22-18(3)31-28-23(29)9-6-17(2)27(22)28/h6-9,11,13-15,31H,10,12H2,1-5H3,(H2,30,32,33,34)/b16-11-. The van der Waals surface area contributed by atoms with Crippen molar-refractivity contribution in [2.75, 3.05) is 24.3 Å². The van der Waals surface area contributed by atoms with Crippen molar-refractivity contribution in [3.63, 3.8) is 0 Å². The molecule has 0 fully saturated rings. The Hall–Kier alpha value is -4.20. The van der Waals surface area contributed by atoms with E-state index in [-0.39, 0.29) is 5.82 Å². The Morgan fingerprint density at radius 3 is 2.64 bits per heavy atom. The van der Waals surface area contributed by atoms with Crippen molar-refractivity contribution >= 4 is 40.1 Å². The summed E-state index contributed by atoms with van der Waals surface area (Å²) >= 11 is 0. The van der Waals surface area contributed by atoms with Crippen LogP contribution in [0.4, 0.5) is 21.7 Å². The van der Waals surface area contributed by atoms with Crippen molar-refractivity contribution in [2.24, 2.45) is 0 Å². The van der Waals surface area contributed by atoms with Gasteiger partial charge in [0, 0.05) is 41.0 Å². The Bertz CT molecular complexity index is 1460. The van der Waals surface area contributed by atoms with Gasteiger partial charge in [0.25, 0.3) is 0 Å². The molecular formula is C28H30FN5O2. The molecule has 2 aromatic carbocycles. The van der Waals surface area contributed by atoms with Gasteiger partial charge in [-0.25, -0.2) is 14.4 Å². The van der Waals surface area contributed by atoms with Crippen LogP contribution in [0.5, 0.6) is 5.75 Å². The quantitative estimate of drug-likeness (QED) is 0.197. The van der Waals surface area contributed by atoms with Crippen LogP contribution in [0.2, 0.25) is 0 Å². The summed E-state index contributed by atoms with van der Waals surface area (Å²) in [5, 5.41) is 7.62. The van der Waals surface area contributed by atoms with Crippen LogP contribution in [0, 0.1) is 26.6 Å². The Labute approximate surface area is 209 Å². The molecule has 36 heavy (non-hydrogen) atoms. The first-order valence-electron chi connectivity index (χ1n) is 11.7. The molecular weight excluding hydrogens is 457 g/mol. The number of fused-ring (bicyclic) bond motifs is 1. The average molecular weight is 488 g/mol. The molecule has 0 aliphatic heterocycles. The van der Waals surface area contributed by atoms with Gasteiger partial charge in [0.15, 0.2) is 0 Å². The van der Waals surface area contributed by atoms with Crippen molar-refractivity contribution in [1.82, 2.24) is 15.0 Å². The van der Waals surface area contributed by atoms with Gasteiger partial charge in [0.05, 0.1) is 12.6 Å². The molecule has 4 rings (SSSR count). The van der Waals surface area contributed by atoms with Gasteiger partial charge in [0.2, 0.25) is 0 Å². The van der Waals surface area contributed by atoms with E-state index in [0.717, 1.165) is 45.3 Å². The molecule has 0 saturated heterocycles. The lowest BCUT2D eigenvalue weighted by molar-refractivity contribution is -0.104. The third-order valence-electron chi connectivity index (χ3n) is 6.17. The first-order valence-corrected chi connectivity index (χ1v) is 11.7. The van der Waals surface area contributed by atoms with Gasteiger partial charge in [-0.1, -0.05) is 6.07 Å². The van der Waals surface area contributed by atoms with Crippen molar-refractivity contribution in [2.45, 2.75) is 34.1 Å². The number of rotatable bonds is 9. The number of aromatic amines is 1. The molecule has 2 heterocycles. The first kappa shape index (κ1) is 24.9. The Morgan fingerprint density at radius 2 is 1.89 bits per heavy atom. The summed E-state index contributed by atoms with van der Waals surface area (Å²) in [7, 11) is 1.60. The van der Waals surface area contributed by atoms with Crippen molar-refractivity contribution < 1.29 is 13.9 Å². The van der Waals surface area contributed by atoms with Crippen molar-refractivity contribution in [1.29, 1.82) is 0 Å². The molecule has 2 aromatic heterocycles. The summed E-state index contributed by atoms with van der Waals surface area (Å²) in [6, 6.07) is 10.8. The Kier molecular flexibility index (Phi) is 7.33. The van der Waals surface area contributed by atoms with E-state index in [0.29, 0.717) is 41.7 Å². The summed E-state index contributed by atoms with van der Waals surface area (Å²) in [5.41, 5.74) is 6.14. The number of aryl methyl sites for hydroxylation is 3. The number of aldehydes is 1. The number of H-pyrrole nitrogens is 1. The zero-order chi connectivity index (χ0) is 25.8. The summed E-state index contributed by atoms with van der Waals surface area (Å²) in [5.74, 6) is 2.37. The van der Waals surface area contributed by atoms with Crippen LogP contribution in [0.3, 0.4) is 0 Å². The number of methoxy groups -OCH3 is 1.